The predicted octanol–water partition coefficient (Wildman–Crippen LogP) is 2.60. The third-order valence-corrected chi connectivity index (χ3v) is 3.18. The number of anilines is 1. The summed E-state index contributed by atoms with van der Waals surface area (Å²) in [6.45, 7) is 8.81. The fraction of sp³-hybridized carbons (Fsp3) is 0.692. The van der Waals surface area contributed by atoms with Gasteiger partial charge < -0.3 is 10.0 Å². The third-order valence-electron chi connectivity index (χ3n) is 2.82. The minimum Gasteiger partial charge on any atom is -0.395 e. The van der Waals surface area contributed by atoms with Crippen molar-refractivity contribution in [2.24, 2.45) is 0 Å². The van der Waals surface area contributed by atoms with Crippen molar-refractivity contribution >= 4 is 17.4 Å². The highest BCUT2D eigenvalue weighted by atomic mass is 35.5. The number of rotatable bonds is 6. The molecule has 0 fully saturated rings. The van der Waals surface area contributed by atoms with E-state index in [9.17, 15) is 0 Å². The van der Waals surface area contributed by atoms with E-state index in [0.29, 0.717) is 11.7 Å². The molecule has 0 unspecified atom stereocenters. The van der Waals surface area contributed by atoms with E-state index >= 15 is 0 Å². The Hall–Kier alpha value is -0.870. The van der Waals surface area contributed by atoms with Crippen LogP contribution in [0.1, 0.15) is 38.6 Å². The number of aliphatic hydroxyl groups is 1. The molecule has 0 aliphatic carbocycles. The molecular formula is C13H22ClN3O. The Labute approximate surface area is 114 Å². The van der Waals surface area contributed by atoms with Gasteiger partial charge >= 0.3 is 0 Å². The lowest BCUT2D eigenvalue weighted by atomic mass is 10.2. The first-order valence-electron chi connectivity index (χ1n) is 6.41. The molecule has 1 heterocycles. The van der Waals surface area contributed by atoms with E-state index in [2.05, 4.69) is 35.6 Å². The van der Waals surface area contributed by atoms with Gasteiger partial charge in [-0.1, -0.05) is 18.5 Å². The average molecular weight is 272 g/mol. The van der Waals surface area contributed by atoms with Gasteiger partial charge in [-0.3, -0.25) is 0 Å². The van der Waals surface area contributed by atoms with Crippen molar-refractivity contribution in [1.82, 2.24) is 9.97 Å². The van der Waals surface area contributed by atoms with Crippen molar-refractivity contribution < 1.29 is 5.11 Å². The minimum absolute atomic E-state index is 0.0996. The lowest BCUT2D eigenvalue weighted by Crippen LogP contribution is -2.35. The van der Waals surface area contributed by atoms with E-state index in [0.717, 1.165) is 30.0 Å². The fourth-order valence-corrected chi connectivity index (χ4v) is 2.03. The summed E-state index contributed by atoms with van der Waals surface area (Å²) in [7, 11) is 0. The molecule has 0 spiro atoms. The number of hydrogen-bond donors (Lipinski definition) is 1. The summed E-state index contributed by atoms with van der Waals surface area (Å²) in [5.74, 6) is 1.61. The van der Waals surface area contributed by atoms with E-state index in [4.69, 9.17) is 16.7 Å². The Morgan fingerprint density at radius 2 is 2.00 bits per heavy atom. The number of aliphatic hydroxyl groups excluding tert-OH is 1. The highest BCUT2D eigenvalue weighted by molar-refractivity contribution is 6.30. The Morgan fingerprint density at radius 3 is 2.50 bits per heavy atom. The summed E-state index contributed by atoms with van der Waals surface area (Å²) in [5, 5.41) is 9.67. The molecule has 1 aromatic rings. The monoisotopic (exact) mass is 271 g/mol. The fourth-order valence-electron chi connectivity index (χ4n) is 1.85. The van der Waals surface area contributed by atoms with Crippen molar-refractivity contribution in [3.8, 4) is 0 Å². The van der Waals surface area contributed by atoms with Gasteiger partial charge in [0.25, 0.3) is 0 Å². The summed E-state index contributed by atoms with van der Waals surface area (Å²) < 4.78 is 0. The van der Waals surface area contributed by atoms with E-state index in [1.54, 1.807) is 0 Å². The van der Waals surface area contributed by atoms with Crippen LogP contribution < -0.4 is 4.90 Å². The van der Waals surface area contributed by atoms with E-state index in [1.807, 2.05) is 6.92 Å². The Balaban J connectivity index is 3.18. The van der Waals surface area contributed by atoms with Gasteiger partial charge in [0, 0.05) is 24.6 Å². The average Bonchev–Trinajstić information content (AvgIpc) is 2.31. The zero-order valence-corrected chi connectivity index (χ0v) is 12.3. The SMILES string of the molecule is CCCc1nc(Cl)c(C)c(N(CCO)C(C)C)n1. The van der Waals surface area contributed by atoms with Crippen LogP contribution in [0.3, 0.4) is 0 Å². The third kappa shape index (κ3) is 3.56. The van der Waals surface area contributed by atoms with Crippen molar-refractivity contribution in [3.63, 3.8) is 0 Å². The molecule has 1 N–H and O–H groups in total. The maximum Gasteiger partial charge on any atom is 0.137 e. The first-order chi connectivity index (χ1) is 8.51. The number of aryl methyl sites for hydroxylation is 1. The maximum absolute atomic E-state index is 9.16. The van der Waals surface area contributed by atoms with E-state index in [1.165, 1.54) is 0 Å². The van der Waals surface area contributed by atoms with Crippen LogP contribution in [0.4, 0.5) is 5.82 Å². The zero-order valence-electron chi connectivity index (χ0n) is 11.6. The van der Waals surface area contributed by atoms with Crippen LogP contribution in [0.5, 0.6) is 0 Å². The van der Waals surface area contributed by atoms with Gasteiger partial charge in [0.05, 0.1) is 6.61 Å². The van der Waals surface area contributed by atoms with Gasteiger partial charge in [-0.25, -0.2) is 9.97 Å². The first-order valence-corrected chi connectivity index (χ1v) is 6.79. The molecule has 0 amide bonds. The molecule has 1 aromatic heterocycles. The summed E-state index contributed by atoms with van der Waals surface area (Å²) in [6.07, 6.45) is 1.80. The first kappa shape index (κ1) is 15.2. The highest BCUT2D eigenvalue weighted by Gasteiger charge is 2.17. The quantitative estimate of drug-likeness (QED) is 0.808. The summed E-state index contributed by atoms with van der Waals surface area (Å²) >= 11 is 6.16. The molecule has 0 aliphatic rings. The number of hydrogen-bond acceptors (Lipinski definition) is 4. The second-order valence-corrected chi connectivity index (χ2v) is 5.00. The van der Waals surface area contributed by atoms with Crippen LogP contribution in [0.25, 0.3) is 0 Å². The summed E-state index contributed by atoms with van der Waals surface area (Å²) in [5.41, 5.74) is 0.874. The molecule has 0 saturated carbocycles. The second kappa shape index (κ2) is 6.90. The van der Waals surface area contributed by atoms with Gasteiger partial charge in [-0.15, -0.1) is 0 Å². The van der Waals surface area contributed by atoms with Crippen molar-refractivity contribution in [2.45, 2.75) is 46.6 Å². The number of halogens is 1. The van der Waals surface area contributed by atoms with Crippen LogP contribution >= 0.6 is 11.6 Å². The van der Waals surface area contributed by atoms with Gasteiger partial charge in [0.2, 0.25) is 0 Å². The largest absolute Gasteiger partial charge is 0.395 e. The topological polar surface area (TPSA) is 49.2 Å². The Bertz CT molecular complexity index is 396. The zero-order chi connectivity index (χ0) is 13.7. The molecule has 0 saturated heterocycles. The maximum atomic E-state index is 9.16. The van der Waals surface area contributed by atoms with Crippen LogP contribution in [0.15, 0.2) is 0 Å². The number of aromatic nitrogens is 2. The molecule has 5 heteroatoms. The van der Waals surface area contributed by atoms with Crippen LogP contribution in [0.2, 0.25) is 5.15 Å². The van der Waals surface area contributed by atoms with Gasteiger partial charge in [-0.2, -0.15) is 0 Å². The lowest BCUT2D eigenvalue weighted by Gasteiger charge is -2.29. The van der Waals surface area contributed by atoms with Crippen LogP contribution in [0, 0.1) is 6.92 Å². The Kier molecular flexibility index (Phi) is 5.82. The van der Waals surface area contributed by atoms with Gasteiger partial charge in [-0.05, 0) is 27.2 Å². The standard InChI is InChI=1S/C13H22ClN3O/c1-5-6-11-15-12(14)10(4)13(16-11)17(7-8-18)9(2)3/h9,18H,5-8H2,1-4H3. The molecular weight excluding hydrogens is 250 g/mol. The molecule has 102 valence electrons. The molecule has 0 atom stereocenters. The Morgan fingerprint density at radius 1 is 1.33 bits per heavy atom. The molecule has 0 aromatic carbocycles. The van der Waals surface area contributed by atoms with Crippen LogP contribution in [-0.2, 0) is 6.42 Å². The molecule has 0 radical (unpaired) electrons. The number of nitrogens with zero attached hydrogens (tertiary/aromatic N) is 3. The summed E-state index contributed by atoms with van der Waals surface area (Å²) in [6, 6.07) is 0.260. The van der Waals surface area contributed by atoms with E-state index in [-0.39, 0.29) is 12.6 Å². The predicted molar refractivity (Wildman–Crippen MR) is 75.3 cm³/mol. The van der Waals surface area contributed by atoms with Crippen molar-refractivity contribution in [3.05, 3.63) is 16.5 Å². The second-order valence-electron chi connectivity index (χ2n) is 4.64. The van der Waals surface area contributed by atoms with E-state index < -0.39 is 0 Å². The summed E-state index contributed by atoms with van der Waals surface area (Å²) in [4.78, 5) is 10.9. The van der Waals surface area contributed by atoms with Gasteiger partial charge in [0.15, 0.2) is 0 Å². The lowest BCUT2D eigenvalue weighted by molar-refractivity contribution is 0.298. The molecule has 0 bridgehead atoms. The van der Waals surface area contributed by atoms with Crippen LogP contribution in [-0.4, -0.2) is 34.3 Å². The normalized spacial score (nSPS) is 11.1. The molecule has 4 nitrogen and oxygen atoms in total. The minimum atomic E-state index is 0.0996. The van der Waals surface area contributed by atoms with Gasteiger partial charge in [0.1, 0.15) is 16.8 Å². The van der Waals surface area contributed by atoms with Crippen molar-refractivity contribution in [1.29, 1.82) is 0 Å². The molecule has 0 aliphatic heterocycles. The highest BCUT2D eigenvalue weighted by Crippen LogP contribution is 2.25. The molecule has 18 heavy (non-hydrogen) atoms. The molecule has 1 rings (SSSR count). The van der Waals surface area contributed by atoms with Crippen molar-refractivity contribution in [2.75, 3.05) is 18.1 Å². The smallest absolute Gasteiger partial charge is 0.137 e.